The number of fused-ring (bicyclic) bond motifs is 2. The van der Waals surface area contributed by atoms with E-state index >= 15 is 0 Å². The van der Waals surface area contributed by atoms with Gasteiger partial charge >= 0.3 is 0 Å². The molecule has 0 spiro atoms. The van der Waals surface area contributed by atoms with E-state index in [9.17, 15) is 0 Å². The highest BCUT2D eigenvalue weighted by Gasteiger charge is 2.29. The zero-order chi connectivity index (χ0) is 43.4. The zero-order valence-corrected chi connectivity index (χ0v) is 43.9. The van der Waals surface area contributed by atoms with Gasteiger partial charge in [0.25, 0.3) is 0 Å². The molecule has 0 unspecified atom stereocenters. The van der Waals surface area contributed by atoms with Crippen LogP contribution in [-0.2, 0) is 5.41 Å². The van der Waals surface area contributed by atoms with Gasteiger partial charge in [0.05, 0.1) is 46.6 Å². The first-order chi connectivity index (χ1) is 28.2. The third-order valence-corrected chi connectivity index (χ3v) is 18.9. The van der Waals surface area contributed by atoms with Gasteiger partial charge in [-0.05, 0) is 116 Å². The summed E-state index contributed by atoms with van der Waals surface area (Å²) in [7, 11) is -4.39. The molecule has 60 heavy (non-hydrogen) atoms. The number of hydrogen-bond donors (Lipinski definition) is 0. The lowest BCUT2D eigenvalue weighted by atomic mass is 9.84. The highest BCUT2D eigenvalue weighted by molar-refractivity contribution is 6.89. The van der Waals surface area contributed by atoms with Crippen molar-refractivity contribution < 1.29 is 0 Å². The van der Waals surface area contributed by atoms with Crippen molar-refractivity contribution in [1.82, 2.24) is 0 Å². The molecule has 310 valence electrons. The fourth-order valence-corrected chi connectivity index (χ4v) is 13.3. The molecule has 0 aromatic heterocycles. The van der Waals surface area contributed by atoms with Crippen LogP contribution in [0, 0.1) is 27.7 Å². The summed E-state index contributed by atoms with van der Waals surface area (Å²) >= 11 is 0. The molecule has 0 aliphatic rings. The third kappa shape index (κ3) is 8.80. The summed E-state index contributed by atoms with van der Waals surface area (Å²) in [5.74, 6) is 0. The Morgan fingerprint density at radius 3 is 1.45 bits per heavy atom. The second-order valence-corrected chi connectivity index (χ2v) is 32.8. The topological polar surface area (TPSA) is 6.48 Å². The molecule has 0 fully saturated rings. The summed E-state index contributed by atoms with van der Waals surface area (Å²) < 4.78 is 0. The van der Waals surface area contributed by atoms with Crippen molar-refractivity contribution in [2.24, 2.45) is 0 Å². The SMILES string of the molecule is C[SiH2]c1cc(C)cc(N(c2cc(C)cc(C)c2)c2c3ccccc3c(N(c3cc(C)cc([SiH](C)C)c3)c3cc([SiH](C)C)cc([Si](C)(C)C)c3)c3cc(C(C)(C)C)ccc23)c1. The van der Waals surface area contributed by atoms with E-state index in [0.717, 1.165) is 0 Å². The standard InChI is InChI=1S/C54H68N2Si4/c1-35-22-36(2)24-40(23-35)55(41-25-37(3)27-44(30-41)57-8)52-48-18-16-17-19-49(48)53(51-29-39(54(5,6)7)20-21-50(51)52)56(42-26-38(4)28-45(31-42)58(9)10)43-32-46(59(11)12)34-47(33-43)60(13,14)15/h16-34,58-59H,57H2,1-15H3. The maximum Gasteiger partial charge on any atom is 0.0776 e. The monoisotopic (exact) mass is 856 g/mol. The molecule has 7 aromatic carbocycles. The van der Waals surface area contributed by atoms with Crippen LogP contribution >= 0.6 is 0 Å². The molecule has 2 nitrogen and oxygen atoms in total. The fourth-order valence-electron chi connectivity index (χ4n) is 8.93. The first-order valence-corrected chi connectivity index (χ1v) is 33.7. The van der Waals surface area contributed by atoms with Gasteiger partial charge in [-0.3, -0.25) is 0 Å². The van der Waals surface area contributed by atoms with Crippen molar-refractivity contribution in [3.05, 3.63) is 143 Å². The van der Waals surface area contributed by atoms with Crippen molar-refractivity contribution in [2.75, 3.05) is 9.80 Å². The minimum Gasteiger partial charge on any atom is -0.309 e. The first-order valence-electron chi connectivity index (χ1n) is 22.3. The molecule has 0 heterocycles. The van der Waals surface area contributed by atoms with Crippen LogP contribution in [0.25, 0.3) is 21.5 Å². The Balaban J connectivity index is 1.73. The molecule has 0 aliphatic carbocycles. The highest BCUT2D eigenvalue weighted by atomic mass is 28.3. The van der Waals surface area contributed by atoms with E-state index in [0.29, 0.717) is 0 Å². The minimum atomic E-state index is -1.69. The van der Waals surface area contributed by atoms with E-state index in [1.54, 1.807) is 0 Å². The van der Waals surface area contributed by atoms with Crippen LogP contribution in [0.5, 0.6) is 0 Å². The number of anilines is 6. The Morgan fingerprint density at radius 2 is 0.933 bits per heavy atom. The summed E-state index contributed by atoms with van der Waals surface area (Å²) in [6.45, 7) is 35.9. The molecule has 0 N–H and O–H groups in total. The smallest absolute Gasteiger partial charge is 0.0776 e. The molecule has 0 saturated carbocycles. The minimum absolute atomic E-state index is 0.0411. The maximum absolute atomic E-state index is 2.69. The lowest BCUT2D eigenvalue weighted by Gasteiger charge is -2.35. The summed E-state index contributed by atoms with van der Waals surface area (Å²) in [5.41, 5.74) is 14.0. The Kier molecular flexibility index (Phi) is 12.2. The molecule has 0 amide bonds. The number of hydrogen-bond acceptors (Lipinski definition) is 2. The summed E-state index contributed by atoms with van der Waals surface area (Å²) in [6.07, 6.45) is 0. The van der Waals surface area contributed by atoms with Gasteiger partial charge in [0, 0.05) is 44.3 Å². The van der Waals surface area contributed by atoms with Gasteiger partial charge in [-0.25, -0.2) is 0 Å². The van der Waals surface area contributed by atoms with Crippen LogP contribution in [0.2, 0.25) is 52.4 Å². The van der Waals surface area contributed by atoms with Gasteiger partial charge in [0.15, 0.2) is 0 Å². The lowest BCUT2D eigenvalue weighted by molar-refractivity contribution is 0.591. The van der Waals surface area contributed by atoms with E-state index in [1.807, 2.05) is 0 Å². The second kappa shape index (κ2) is 16.8. The van der Waals surface area contributed by atoms with Crippen molar-refractivity contribution in [3.8, 4) is 0 Å². The van der Waals surface area contributed by atoms with Gasteiger partial charge < -0.3 is 9.80 Å². The van der Waals surface area contributed by atoms with Gasteiger partial charge in [0.1, 0.15) is 0 Å². The van der Waals surface area contributed by atoms with Crippen molar-refractivity contribution in [1.29, 1.82) is 0 Å². The first kappa shape index (κ1) is 43.6. The van der Waals surface area contributed by atoms with Gasteiger partial charge in [-0.2, -0.15) is 0 Å². The summed E-state index contributed by atoms with van der Waals surface area (Å²) in [6, 6.07) is 46.2. The average Bonchev–Trinajstić information content (AvgIpc) is 3.17. The van der Waals surface area contributed by atoms with E-state index in [4.69, 9.17) is 0 Å². The van der Waals surface area contributed by atoms with Gasteiger partial charge in [-0.1, -0.05) is 155 Å². The predicted molar refractivity (Wildman–Crippen MR) is 283 cm³/mol. The van der Waals surface area contributed by atoms with Crippen molar-refractivity contribution >= 4 is 112 Å². The van der Waals surface area contributed by atoms with Gasteiger partial charge in [-0.15, -0.1) is 0 Å². The number of nitrogens with zero attached hydrogens (tertiary/aromatic N) is 2. The van der Waals surface area contributed by atoms with E-state index in [2.05, 4.69) is 226 Å². The third-order valence-electron chi connectivity index (χ3n) is 12.3. The Morgan fingerprint density at radius 1 is 0.483 bits per heavy atom. The average molecular weight is 857 g/mol. The molecule has 0 aliphatic heterocycles. The molecular formula is C54H68N2Si4. The molecule has 0 saturated heterocycles. The van der Waals surface area contributed by atoms with Crippen molar-refractivity contribution in [3.63, 3.8) is 0 Å². The molecule has 0 radical (unpaired) electrons. The predicted octanol–water partition coefficient (Wildman–Crippen LogP) is 12.2. The summed E-state index contributed by atoms with van der Waals surface area (Å²) in [5, 5.41) is 11.1. The van der Waals surface area contributed by atoms with Crippen LogP contribution in [0.4, 0.5) is 34.1 Å². The van der Waals surface area contributed by atoms with Crippen molar-refractivity contribution in [2.45, 2.75) is 106 Å². The number of benzene rings is 7. The molecule has 0 bridgehead atoms. The van der Waals surface area contributed by atoms with Crippen LogP contribution in [-0.4, -0.2) is 35.2 Å². The second-order valence-electron chi connectivity index (χ2n) is 20.3. The van der Waals surface area contributed by atoms with E-state index < -0.39 is 35.2 Å². The maximum atomic E-state index is 2.69. The molecular weight excluding hydrogens is 789 g/mol. The highest BCUT2D eigenvalue weighted by Crippen LogP contribution is 2.52. The molecule has 7 rings (SSSR count). The van der Waals surface area contributed by atoms with Crippen LogP contribution in [0.15, 0.2) is 115 Å². The van der Waals surface area contributed by atoms with E-state index in [-0.39, 0.29) is 5.41 Å². The zero-order valence-electron chi connectivity index (χ0n) is 39.2. The number of aryl methyl sites for hydroxylation is 4. The normalized spacial score (nSPS) is 12.5. The number of rotatable bonds is 10. The van der Waals surface area contributed by atoms with Crippen LogP contribution in [0.1, 0.15) is 48.6 Å². The fraction of sp³-hybridized carbons (Fsp3) is 0.296. The van der Waals surface area contributed by atoms with Crippen LogP contribution < -0.4 is 30.5 Å². The Hall–Kier alpha value is -4.47. The van der Waals surface area contributed by atoms with Crippen LogP contribution in [0.3, 0.4) is 0 Å². The largest absolute Gasteiger partial charge is 0.309 e. The molecule has 0 atom stereocenters. The Bertz CT molecular complexity index is 2710. The Labute approximate surface area is 368 Å². The molecule has 6 heteroatoms. The lowest BCUT2D eigenvalue weighted by Crippen LogP contribution is -2.41. The summed E-state index contributed by atoms with van der Waals surface area (Å²) in [4.78, 5) is 5.28. The van der Waals surface area contributed by atoms with E-state index in [1.165, 1.54) is 104 Å². The molecule has 7 aromatic rings. The quantitative estimate of drug-likeness (QED) is 0.0768. The van der Waals surface area contributed by atoms with Gasteiger partial charge in [0.2, 0.25) is 0 Å².